The van der Waals surface area contributed by atoms with Crippen LogP contribution in [-0.4, -0.2) is 53.4 Å². The number of halogens is 1. The summed E-state index contributed by atoms with van der Waals surface area (Å²) >= 11 is 6.01. The van der Waals surface area contributed by atoms with Crippen molar-refractivity contribution in [2.75, 3.05) is 19.6 Å². The van der Waals surface area contributed by atoms with Gasteiger partial charge in [0.2, 0.25) is 5.91 Å². The Morgan fingerprint density at radius 3 is 2.65 bits per heavy atom. The van der Waals surface area contributed by atoms with Crippen molar-refractivity contribution in [2.45, 2.75) is 32.9 Å². The molecule has 9 heteroatoms. The van der Waals surface area contributed by atoms with Gasteiger partial charge in [-0.3, -0.25) is 19.7 Å². The molecule has 1 aliphatic rings. The van der Waals surface area contributed by atoms with Gasteiger partial charge in [-0.25, -0.2) is 0 Å². The fourth-order valence-corrected chi connectivity index (χ4v) is 3.12. The van der Waals surface area contributed by atoms with Gasteiger partial charge in [0.15, 0.2) is 0 Å². The molecule has 1 aromatic carbocycles. The molecule has 2 atom stereocenters. The summed E-state index contributed by atoms with van der Waals surface area (Å²) in [5, 5.41) is 16.8. The first-order chi connectivity index (χ1) is 12.2. The van der Waals surface area contributed by atoms with Crippen LogP contribution in [0, 0.1) is 16.0 Å². The van der Waals surface area contributed by atoms with Crippen LogP contribution in [0.4, 0.5) is 5.69 Å². The third-order valence-electron chi connectivity index (χ3n) is 4.31. The Hall–Kier alpha value is -2.19. The Labute approximate surface area is 157 Å². The molecule has 0 radical (unpaired) electrons. The fraction of sp³-hybridized carbons (Fsp3) is 0.529. The molecule has 142 valence electrons. The molecule has 1 aliphatic heterocycles. The van der Waals surface area contributed by atoms with E-state index < -0.39 is 16.9 Å². The first kappa shape index (κ1) is 20.1. The zero-order valence-electron chi connectivity index (χ0n) is 15.0. The molecule has 0 bridgehead atoms. The lowest BCUT2D eigenvalue weighted by molar-refractivity contribution is -0.384. The van der Waals surface area contributed by atoms with Gasteiger partial charge in [-0.15, -0.1) is 0 Å². The fourth-order valence-electron chi connectivity index (χ4n) is 2.86. The Morgan fingerprint density at radius 2 is 2.12 bits per heavy atom. The van der Waals surface area contributed by atoms with Crippen molar-refractivity contribution in [1.82, 2.24) is 15.5 Å². The van der Waals surface area contributed by atoms with E-state index in [0.29, 0.717) is 19.6 Å². The van der Waals surface area contributed by atoms with Gasteiger partial charge in [0, 0.05) is 37.8 Å². The van der Waals surface area contributed by atoms with E-state index in [1.165, 1.54) is 12.1 Å². The van der Waals surface area contributed by atoms with Crippen molar-refractivity contribution in [3.05, 3.63) is 38.9 Å². The number of nitro benzene ring substituents is 1. The van der Waals surface area contributed by atoms with Crippen molar-refractivity contribution in [3.8, 4) is 0 Å². The summed E-state index contributed by atoms with van der Waals surface area (Å²) in [5.74, 6) is -0.784. The van der Waals surface area contributed by atoms with Crippen molar-refractivity contribution >= 4 is 29.1 Å². The van der Waals surface area contributed by atoms with E-state index in [9.17, 15) is 19.7 Å². The van der Waals surface area contributed by atoms with Gasteiger partial charge in [-0.05, 0) is 18.9 Å². The highest BCUT2D eigenvalue weighted by Crippen LogP contribution is 2.23. The summed E-state index contributed by atoms with van der Waals surface area (Å²) < 4.78 is 0. The van der Waals surface area contributed by atoms with Gasteiger partial charge in [-0.1, -0.05) is 25.4 Å². The molecule has 8 nitrogen and oxygen atoms in total. The van der Waals surface area contributed by atoms with E-state index in [1.807, 2.05) is 20.8 Å². The average molecular weight is 383 g/mol. The second-order valence-electron chi connectivity index (χ2n) is 6.76. The number of amides is 2. The van der Waals surface area contributed by atoms with Crippen LogP contribution in [0.3, 0.4) is 0 Å². The monoisotopic (exact) mass is 382 g/mol. The second kappa shape index (κ2) is 8.46. The zero-order valence-corrected chi connectivity index (χ0v) is 15.7. The summed E-state index contributed by atoms with van der Waals surface area (Å²) in [6.07, 6.45) is 0. The van der Waals surface area contributed by atoms with Crippen LogP contribution in [0.15, 0.2) is 18.2 Å². The largest absolute Gasteiger partial charge is 0.340 e. The lowest BCUT2D eigenvalue weighted by Crippen LogP contribution is -2.58. The summed E-state index contributed by atoms with van der Waals surface area (Å²) in [7, 11) is 0. The molecular weight excluding hydrogens is 360 g/mol. The van der Waals surface area contributed by atoms with Crippen molar-refractivity contribution in [3.63, 3.8) is 0 Å². The van der Waals surface area contributed by atoms with Crippen LogP contribution in [0.25, 0.3) is 0 Å². The van der Waals surface area contributed by atoms with Gasteiger partial charge in [0.05, 0.1) is 15.5 Å². The molecule has 0 aliphatic carbocycles. The van der Waals surface area contributed by atoms with Crippen LogP contribution in [0.5, 0.6) is 0 Å². The molecule has 1 saturated heterocycles. The maximum atomic E-state index is 12.8. The predicted octanol–water partition coefficient (Wildman–Crippen LogP) is 1.82. The van der Waals surface area contributed by atoms with Crippen LogP contribution in [-0.2, 0) is 4.79 Å². The number of rotatable bonds is 5. The summed E-state index contributed by atoms with van der Waals surface area (Å²) in [6.45, 7) is 7.58. The standard InChI is InChI=1S/C17H23ClN4O4/c1-10(2)15(17(24)21-7-6-19-11(3)9-21)20-16(23)13-5-4-12(22(25)26)8-14(13)18/h4-5,8,10-11,15,19H,6-7,9H2,1-3H3,(H,20,23). The SMILES string of the molecule is CC1CN(C(=O)C(NC(=O)c2ccc([N+](=O)[O-])cc2Cl)C(C)C)CCN1. The van der Waals surface area contributed by atoms with E-state index in [0.717, 1.165) is 6.07 Å². The predicted molar refractivity (Wildman–Crippen MR) is 98.2 cm³/mol. The number of nitro groups is 1. The summed E-state index contributed by atoms with van der Waals surface area (Å²) in [4.78, 5) is 37.3. The van der Waals surface area contributed by atoms with Crippen LogP contribution in [0.1, 0.15) is 31.1 Å². The Kier molecular flexibility index (Phi) is 6.55. The topological polar surface area (TPSA) is 105 Å². The smallest absolute Gasteiger partial charge is 0.270 e. The van der Waals surface area contributed by atoms with E-state index in [4.69, 9.17) is 11.6 Å². The van der Waals surface area contributed by atoms with E-state index >= 15 is 0 Å². The number of carbonyl (C=O) groups excluding carboxylic acids is 2. The normalized spacial score (nSPS) is 18.5. The minimum atomic E-state index is -0.695. The lowest BCUT2D eigenvalue weighted by Gasteiger charge is -2.35. The quantitative estimate of drug-likeness (QED) is 0.597. The molecule has 26 heavy (non-hydrogen) atoms. The zero-order chi connectivity index (χ0) is 19.4. The van der Waals surface area contributed by atoms with Gasteiger partial charge < -0.3 is 15.5 Å². The van der Waals surface area contributed by atoms with Gasteiger partial charge >= 0.3 is 0 Å². The molecule has 2 amide bonds. The van der Waals surface area contributed by atoms with Crippen molar-refractivity contribution in [2.24, 2.45) is 5.92 Å². The minimum Gasteiger partial charge on any atom is -0.340 e. The first-order valence-corrected chi connectivity index (χ1v) is 8.85. The van der Waals surface area contributed by atoms with Crippen LogP contribution in [0.2, 0.25) is 5.02 Å². The third-order valence-corrected chi connectivity index (χ3v) is 4.62. The van der Waals surface area contributed by atoms with Crippen LogP contribution >= 0.6 is 11.6 Å². The van der Waals surface area contributed by atoms with E-state index in [2.05, 4.69) is 10.6 Å². The van der Waals surface area contributed by atoms with Crippen molar-refractivity contribution in [1.29, 1.82) is 0 Å². The Bertz CT molecular complexity index is 710. The van der Waals surface area contributed by atoms with Gasteiger partial charge in [-0.2, -0.15) is 0 Å². The highest BCUT2D eigenvalue weighted by molar-refractivity contribution is 6.34. The maximum absolute atomic E-state index is 12.8. The number of hydrogen-bond acceptors (Lipinski definition) is 5. The Morgan fingerprint density at radius 1 is 1.42 bits per heavy atom. The number of piperazine rings is 1. The number of non-ortho nitro benzene ring substituents is 1. The van der Waals surface area contributed by atoms with Crippen LogP contribution < -0.4 is 10.6 Å². The van der Waals surface area contributed by atoms with Gasteiger partial charge in [0.1, 0.15) is 6.04 Å². The lowest BCUT2D eigenvalue weighted by atomic mass is 10.0. The number of hydrogen-bond donors (Lipinski definition) is 2. The highest BCUT2D eigenvalue weighted by Gasteiger charge is 2.31. The Balaban J connectivity index is 2.15. The molecule has 2 rings (SSSR count). The van der Waals surface area contributed by atoms with Crippen molar-refractivity contribution < 1.29 is 14.5 Å². The van der Waals surface area contributed by atoms with E-state index in [1.54, 1.807) is 4.90 Å². The third kappa shape index (κ3) is 4.70. The number of benzene rings is 1. The number of carbonyl (C=O) groups is 2. The maximum Gasteiger partial charge on any atom is 0.270 e. The molecular formula is C17H23ClN4O4. The number of nitrogens with zero attached hydrogens (tertiary/aromatic N) is 2. The molecule has 1 fully saturated rings. The molecule has 2 unspecified atom stereocenters. The molecule has 1 heterocycles. The molecule has 0 aromatic heterocycles. The van der Waals surface area contributed by atoms with Gasteiger partial charge in [0.25, 0.3) is 11.6 Å². The molecule has 0 spiro atoms. The number of nitrogens with one attached hydrogen (secondary N) is 2. The summed E-state index contributed by atoms with van der Waals surface area (Å²) in [6, 6.07) is 3.13. The minimum absolute atomic E-state index is 0.0255. The molecule has 0 saturated carbocycles. The summed E-state index contributed by atoms with van der Waals surface area (Å²) in [5.41, 5.74) is -0.0952. The average Bonchev–Trinajstić information content (AvgIpc) is 2.58. The molecule has 2 N–H and O–H groups in total. The highest BCUT2D eigenvalue weighted by atomic mass is 35.5. The second-order valence-corrected chi connectivity index (χ2v) is 7.16. The molecule has 1 aromatic rings. The van der Waals surface area contributed by atoms with E-state index in [-0.39, 0.29) is 34.1 Å². The first-order valence-electron chi connectivity index (χ1n) is 8.47.